The Labute approximate surface area is 76.7 Å². The summed E-state index contributed by atoms with van der Waals surface area (Å²) in [6.45, 7) is 7.18. The average molecular weight is 257 g/mol. The third-order valence-electron chi connectivity index (χ3n) is 1.55. The van der Waals surface area contributed by atoms with Crippen molar-refractivity contribution in [2.45, 2.75) is 33.0 Å². The second-order valence-corrected chi connectivity index (χ2v) is 3.44. The fraction of sp³-hybridized carbons (Fsp3) is 1.00. The van der Waals surface area contributed by atoms with Crippen LogP contribution in [0.25, 0.3) is 0 Å². The number of hydrogen-bond acceptors (Lipinski definition) is 2. The number of aliphatic hydroxyl groups excluding tert-OH is 1. The molecule has 0 aliphatic rings. The maximum absolute atomic E-state index is 9.41. The van der Waals surface area contributed by atoms with Crippen LogP contribution in [-0.4, -0.2) is 33.2 Å². The number of hydrogen-bond donors (Lipinski definition) is 1. The summed E-state index contributed by atoms with van der Waals surface area (Å²) in [4.78, 5) is 2.06. The maximum Gasteiger partial charge on any atom is 0.116 e. The van der Waals surface area contributed by atoms with E-state index in [1.807, 2.05) is 0 Å². The van der Waals surface area contributed by atoms with Crippen molar-refractivity contribution < 1.29 is 5.11 Å². The first-order valence-corrected chi connectivity index (χ1v) is 5.15. The number of aliphatic hydroxyl groups is 1. The number of rotatable bonds is 4. The summed E-state index contributed by atoms with van der Waals surface area (Å²) >= 11 is 2.19. The van der Waals surface area contributed by atoms with Crippen LogP contribution in [0.2, 0.25) is 0 Å². The Morgan fingerprint density at radius 3 is 2.10 bits per heavy atom. The van der Waals surface area contributed by atoms with E-state index in [1.54, 1.807) is 0 Å². The number of halogens is 1. The van der Waals surface area contributed by atoms with Crippen LogP contribution < -0.4 is 0 Å². The van der Waals surface area contributed by atoms with Gasteiger partial charge in [0.2, 0.25) is 0 Å². The molecule has 62 valence electrons. The molecule has 10 heavy (non-hydrogen) atoms. The summed E-state index contributed by atoms with van der Waals surface area (Å²) in [6.07, 6.45) is -0.273. The van der Waals surface area contributed by atoms with E-state index < -0.39 is 0 Å². The topological polar surface area (TPSA) is 23.5 Å². The van der Waals surface area contributed by atoms with Gasteiger partial charge in [-0.1, -0.05) is 29.5 Å². The van der Waals surface area contributed by atoms with Gasteiger partial charge in [0.25, 0.3) is 0 Å². The molecule has 0 aromatic heterocycles. The molecule has 1 N–H and O–H groups in total. The zero-order chi connectivity index (χ0) is 8.15. The Morgan fingerprint density at radius 1 is 1.50 bits per heavy atom. The Kier molecular flexibility index (Phi) is 5.67. The van der Waals surface area contributed by atoms with Crippen LogP contribution in [0.3, 0.4) is 0 Å². The van der Waals surface area contributed by atoms with E-state index >= 15 is 0 Å². The first-order valence-electron chi connectivity index (χ1n) is 3.63. The lowest BCUT2D eigenvalue weighted by atomic mass is 10.3. The molecule has 2 nitrogen and oxygen atoms in total. The smallest absolute Gasteiger partial charge is 0.116 e. The van der Waals surface area contributed by atoms with Crippen molar-refractivity contribution in [3.63, 3.8) is 0 Å². The molecule has 0 bridgehead atoms. The molecule has 0 saturated carbocycles. The predicted octanol–water partition coefficient (Wildman–Crippen LogP) is 1.47. The second-order valence-electron chi connectivity index (χ2n) is 2.56. The van der Waals surface area contributed by atoms with E-state index in [1.165, 1.54) is 0 Å². The van der Waals surface area contributed by atoms with Crippen molar-refractivity contribution >= 4 is 22.6 Å². The first-order chi connectivity index (χ1) is 4.63. The molecule has 0 fully saturated rings. The Balaban J connectivity index is 3.80. The van der Waals surface area contributed by atoms with Gasteiger partial charge in [-0.15, -0.1) is 0 Å². The molecule has 0 heterocycles. The van der Waals surface area contributed by atoms with Gasteiger partial charge >= 0.3 is 0 Å². The Morgan fingerprint density at radius 2 is 2.00 bits per heavy atom. The maximum atomic E-state index is 9.41. The zero-order valence-electron chi connectivity index (χ0n) is 6.84. The van der Waals surface area contributed by atoms with E-state index in [0.717, 1.165) is 11.0 Å². The van der Waals surface area contributed by atoms with Crippen molar-refractivity contribution in [1.82, 2.24) is 4.90 Å². The van der Waals surface area contributed by atoms with Gasteiger partial charge in [0.05, 0.1) is 0 Å². The molecule has 0 radical (unpaired) electrons. The largest absolute Gasteiger partial charge is 0.378 e. The van der Waals surface area contributed by atoms with E-state index in [9.17, 15) is 5.11 Å². The fourth-order valence-corrected chi connectivity index (χ4v) is 1.51. The van der Waals surface area contributed by atoms with Gasteiger partial charge in [-0.2, -0.15) is 0 Å². The summed E-state index contributed by atoms with van der Waals surface area (Å²) in [5.74, 6) is 0. The van der Waals surface area contributed by atoms with Gasteiger partial charge in [-0.3, -0.25) is 4.90 Å². The minimum Gasteiger partial charge on any atom is -0.378 e. The summed E-state index contributed by atoms with van der Waals surface area (Å²) in [5, 5.41) is 9.41. The zero-order valence-corrected chi connectivity index (χ0v) is 9.00. The monoisotopic (exact) mass is 257 g/mol. The molecular formula is C7H16INO. The van der Waals surface area contributed by atoms with Gasteiger partial charge in [0.1, 0.15) is 6.23 Å². The van der Waals surface area contributed by atoms with E-state index in [-0.39, 0.29) is 6.23 Å². The molecule has 0 aromatic carbocycles. The highest BCUT2D eigenvalue weighted by molar-refractivity contribution is 14.1. The fourth-order valence-electron chi connectivity index (χ4n) is 1.01. The van der Waals surface area contributed by atoms with Crippen molar-refractivity contribution in [3.05, 3.63) is 0 Å². The van der Waals surface area contributed by atoms with Crippen LogP contribution in [-0.2, 0) is 0 Å². The molecule has 0 saturated heterocycles. The highest BCUT2D eigenvalue weighted by atomic mass is 127. The molecule has 0 rings (SSSR count). The molecular weight excluding hydrogens is 241 g/mol. The summed E-state index contributed by atoms with van der Waals surface area (Å²) < 4.78 is 0.782. The lowest BCUT2D eigenvalue weighted by molar-refractivity contribution is 0.00748. The van der Waals surface area contributed by atoms with Gasteiger partial charge in [0, 0.05) is 10.5 Å². The van der Waals surface area contributed by atoms with Crippen LogP contribution in [0, 0.1) is 0 Å². The minimum absolute atomic E-state index is 0.273. The highest BCUT2D eigenvalue weighted by Gasteiger charge is 2.14. The third-order valence-corrected chi connectivity index (χ3v) is 2.34. The van der Waals surface area contributed by atoms with Crippen molar-refractivity contribution in [2.24, 2.45) is 0 Å². The number of nitrogens with zero attached hydrogens (tertiary/aromatic N) is 1. The molecule has 0 spiro atoms. The Bertz CT molecular complexity index is 87.7. The molecule has 0 aromatic rings. The summed E-state index contributed by atoms with van der Waals surface area (Å²) in [5.41, 5.74) is 0. The van der Waals surface area contributed by atoms with Crippen molar-refractivity contribution in [3.8, 4) is 0 Å². The van der Waals surface area contributed by atoms with Gasteiger partial charge in [-0.25, -0.2) is 0 Å². The van der Waals surface area contributed by atoms with Crippen LogP contribution in [0.5, 0.6) is 0 Å². The van der Waals surface area contributed by atoms with Crippen LogP contribution >= 0.6 is 22.6 Å². The van der Waals surface area contributed by atoms with Crippen molar-refractivity contribution in [2.75, 3.05) is 11.0 Å². The molecule has 3 heteroatoms. The molecule has 0 aliphatic carbocycles. The predicted molar refractivity (Wildman–Crippen MR) is 52.4 cm³/mol. The Hall–Kier alpha value is 0.650. The van der Waals surface area contributed by atoms with E-state index in [4.69, 9.17) is 0 Å². The average Bonchev–Trinajstić information content (AvgIpc) is 1.88. The van der Waals surface area contributed by atoms with Gasteiger partial charge < -0.3 is 5.11 Å². The quantitative estimate of drug-likeness (QED) is 0.468. The third kappa shape index (κ3) is 3.16. The van der Waals surface area contributed by atoms with Crippen LogP contribution in [0.4, 0.5) is 0 Å². The highest BCUT2D eigenvalue weighted by Crippen LogP contribution is 2.04. The lowest BCUT2D eigenvalue weighted by Gasteiger charge is -2.28. The van der Waals surface area contributed by atoms with E-state index in [0.29, 0.717) is 6.04 Å². The normalized spacial score (nSPS) is 14.7. The van der Waals surface area contributed by atoms with Gasteiger partial charge in [-0.05, 0) is 20.4 Å². The number of alkyl halides is 1. The van der Waals surface area contributed by atoms with E-state index in [2.05, 4.69) is 48.3 Å². The first kappa shape index (κ1) is 10.7. The minimum atomic E-state index is -0.273. The SMILES string of the molecule is CCN(C(C)C)C(O)CI. The lowest BCUT2D eigenvalue weighted by Crippen LogP contribution is -2.41. The molecule has 1 unspecified atom stereocenters. The van der Waals surface area contributed by atoms with Crippen LogP contribution in [0.1, 0.15) is 20.8 Å². The van der Waals surface area contributed by atoms with Crippen molar-refractivity contribution in [1.29, 1.82) is 0 Å². The standard InChI is InChI=1S/C7H16INO/c1-4-9(6(2)3)7(10)5-8/h6-7,10H,4-5H2,1-3H3. The molecule has 0 amide bonds. The molecule has 0 aliphatic heterocycles. The summed E-state index contributed by atoms with van der Waals surface area (Å²) in [6, 6.07) is 0.440. The van der Waals surface area contributed by atoms with Crippen LogP contribution in [0.15, 0.2) is 0 Å². The molecule has 1 atom stereocenters. The summed E-state index contributed by atoms with van der Waals surface area (Å²) in [7, 11) is 0. The van der Waals surface area contributed by atoms with Gasteiger partial charge in [0.15, 0.2) is 0 Å². The second kappa shape index (κ2) is 5.32.